The highest BCUT2D eigenvalue weighted by Gasteiger charge is 2.26. The molecule has 7 heteroatoms. The molecule has 1 aliphatic heterocycles. The molecule has 1 atom stereocenters. The molecule has 7 nitrogen and oxygen atoms in total. The van der Waals surface area contributed by atoms with Crippen LogP contribution in [0.3, 0.4) is 0 Å². The van der Waals surface area contributed by atoms with E-state index in [-0.39, 0.29) is 25.4 Å². The monoisotopic (exact) mass is 279 g/mol. The number of carbonyl (C=O) groups is 2. The van der Waals surface area contributed by atoms with Crippen molar-refractivity contribution in [2.75, 3.05) is 19.7 Å². The van der Waals surface area contributed by atoms with Crippen molar-refractivity contribution in [3.8, 4) is 0 Å². The molecule has 1 aliphatic rings. The number of morpholine rings is 1. The molecule has 1 fully saturated rings. The number of hydrogen-bond donors (Lipinski definition) is 2. The van der Waals surface area contributed by atoms with Gasteiger partial charge in [-0.3, -0.25) is 14.6 Å². The normalized spacial score (nSPS) is 18.9. The molecule has 0 bridgehead atoms. The first-order valence-electron chi connectivity index (χ1n) is 6.38. The largest absolute Gasteiger partial charge is 0.481 e. The van der Waals surface area contributed by atoms with Gasteiger partial charge in [0.1, 0.15) is 0 Å². The Hall–Kier alpha value is -1.99. The second-order valence-corrected chi connectivity index (χ2v) is 4.58. The number of carboxylic acid groups (broad SMARTS) is 1. The van der Waals surface area contributed by atoms with E-state index >= 15 is 0 Å². The minimum absolute atomic E-state index is 0.103. The number of carboxylic acids is 1. The van der Waals surface area contributed by atoms with Gasteiger partial charge in [0.15, 0.2) is 0 Å². The van der Waals surface area contributed by atoms with Crippen LogP contribution >= 0.6 is 0 Å². The number of carbonyl (C=O) groups excluding carboxylic acids is 1. The first-order chi connectivity index (χ1) is 9.60. The van der Waals surface area contributed by atoms with E-state index in [2.05, 4.69) is 4.98 Å². The van der Waals surface area contributed by atoms with E-state index in [0.29, 0.717) is 24.4 Å². The fourth-order valence-electron chi connectivity index (χ4n) is 2.13. The quantitative estimate of drug-likeness (QED) is 0.794. The third-order valence-corrected chi connectivity index (χ3v) is 3.10. The highest BCUT2D eigenvalue weighted by Crippen LogP contribution is 2.13. The van der Waals surface area contributed by atoms with E-state index in [1.165, 1.54) is 0 Å². The maximum absolute atomic E-state index is 12.4. The van der Waals surface area contributed by atoms with Crippen molar-refractivity contribution >= 4 is 11.9 Å². The molecule has 0 spiro atoms. The van der Waals surface area contributed by atoms with E-state index in [9.17, 15) is 9.59 Å². The molecule has 1 aromatic rings. The van der Waals surface area contributed by atoms with Crippen LogP contribution in [0.15, 0.2) is 18.3 Å². The molecule has 0 radical (unpaired) electrons. The number of amides is 1. The summed E-state index contributed by atoms with van der Waals surface area (Å²) in [6.07, 6.45) is 0.986. The number of aliphatic carboxylic acids is 1. The Balaban J connectivity index is 2.06. The second-order valence-electron chi connectivity index (χ2n) is 4.58. The highest BCUT2D eigenvalue weighted by atomic mass is 16.5. The van der Waals surface area contributed by atoms with Gasteiger partial charge in [-0.1, -0.05) is 0 Å². The molecule has 0 aromatic carbocycles. The Bertz CT molecular complexity index is 506. The first kappa shape index (κ1) is 14.4. The molecule has 1 unspecified atom stereocenters. The van der Waals surface area contributed by atoms with Crippen molar-refractivity contribution < 1.29 is 19.4 Å². The summed E-state index contributed by atoms with van der Waals surface area (Å²) < 4.78 is 5.34. The Labute approximate surface area is 116 Å². The van der Waals surface area contributed by atoms with Crippen LogP contribution in [0.5, 0.6) is 0 Å². The van der Waals surface area contributed by atoms with Crippen molar-refractivity contribution in [1.29, 1.82) is 0 Å². The SMILES string of the molecule is NCc1cc(C(=O)N2CCOC(CC(=O)O)C2)ccn1. The number of pyridine rings is 1. The third kappa shape index (κ3) is 3.52. The topological polar surface area (TPSA) is 106 Å². The summed E-state index contributed by atoms with van der Waals surface area (Å²) >= 11 is 0. The molecular weight excluding hydrogens is 262 g/mol. The lowest BCUT2D eigenvalue weighted by Gasteiger charge is -2.32. The van der Waals surface area contributed by atoms with E-state index in [0.717, 1.165) is 0 Å². The molecule has 108 valence electrons. The van der Waals surface area contributed by atoms with Gasteiger partial charge >= 0.3 is 5.97 Å². The number of nitrogens with two attached hydrogens (primary N) is 1. The molecule has 2 heterocycles. The van der Waals surface area contributed by atoms with Crippen molar-refractivity contribution in [3.63, 3.8) is 0 Å². The molecule has 0 aliphatic carbocycles. The van der Waals surface area contributed by atoms with E-state index in [4.69, 9.17) is 15.6 Å². The number of hydrogen-bond acceptors (Lipinski definition) is 5. The van der Waals surface area contributed by atoms with Crippen LogP contribution in [0.4, 0.5) is 0 Å². The van der Waals surface area contributed by atoms with Gasteiger partial charge in [0.05, 0.1) is 24.8 Å². The zero-order chi connectivity index (χ0) is 14.5. The van der Waals surface area contributed by atoms with Crippen LogP contribution in [0.1, 0.15) is 22.5 Å². The number of ether oxygens (including phenoxy) is 1. The summed E-state index contributed by atoms with van der Waals surface area (Å²) in [4.78, 5) is 28.7. The van der Waals surface area contributed by atoms with Gasteiger partial charge in [-0.15, -0.1) is 0 Å². The molecule has 1 amide bonds. The van der Waals surface area contributed by atoms with Crippen LogP contribution < -0.4 is 5.73 Å². The van der Waals surface area contributed by atoms with Crippen LogP contribution in [-0.2, 0) is 16.1 Å². The lowest BCUT2D eigenvalue weighted by Crippen LogP contribution is -2.46. The van der Waals surface area contributed by atoms with Crippen molar-refractivity contribution in [3.05, 3.63) is 29.6 Å². The predicted molar refractivity (Wildman–Crippen MR) is 70.0 cm³/mol. The molecule has 3 N–H and O–H groups in total. The predicted octanol–water partition coefficient (Wildman–Crippen LogP) is -0.144. The Morgan fingerprint density at radius 1 is 1.55 bits per heavy atom. The minimum Gasteiger partial charge on any atom is -0.481 e. The fourth-order valence-corrected chi connectivity index (χ4v) is 2.13. The van der Waals surface area contributed by atoms with Crippen molar-refractivity contribution in [1.82, 2.24) is 9.88 Å². The van der Waals surface area contributed by atoms with Gasteiger partial charge in [-0.25, -0.2) is 0 Å². The van der Waals surface area contributed by atoms with Gasteiger partial charge in [0.2, 0.25) is 0 Å². The molecule has 1 saturated heterocycles. The molecule has 0 saturated carbocycles. The summed E-state index contributed by atoms with van der Waals surface area (Å²) in [5.41, 5.74) is 6.66. The zero-order valence-corrected chi connectivity index (χ0v) is 11.0. The van der Waals surface area contributed by atoms with Gasteiger partial charge in [0, 0.05) is 31.4 Å². The number of rotatable bonds is 4. The number of aromatic nitrogens is 1. The van der Waals surface area contributed by atoms with Gasteiger partial charge < -0.3 is 20.5 Å². The van der Waals surface area contributed by atoms with Crippen LogP contribution in [0, 0.1) is 0 Å². The van der Waals surface area contributed by atoms with E-state index in [1.54, 1.807) is 23.2 Å². The average molecular weight is 279 g/mol. The lowest BCUT2D eigenvalue weighted by atomic mass is 10.1. The summed E-state index contributed by atoms with van der Waals surface area (Å²) in [7, 11) is 0. The van der Waals surface area contributed by atoms with Crippen LogP contribution in [-0.4, -0.2) is 52.7 Å². The van der Waals surface area contributed by atoms with Crippen LogP contribution in [0.25, 0.3) is 0 Å². The summed E-state index contributed by atoms with van der Waals surface area (Å²) in [5.74, 6) is -1.08. The fraction of sp³-hybridized carbons (Fsp3) is 0.462. The molecular formula is C13H17N3O4. The van der Waals surface area contributed by atoms with Gasteiger partial charge in [-0.05, 0) is 12.1 Å². The second kappa shape index (κ2) is 6.44. The third-order valence-electron chi connectivity index (χ3n) is 3.10. The summed E-state index contributed by atoms with van der Waals surface area (Å²) in [6, 6.07) is 3.28. The van der Waals surface area contributed by atoms with Gasteiger partial charge in [-0.2, -0.15) is 0 Å². The molecule has 2 rings (SSSR count). The van der Waals surface area contributed by atoms with E-state index < -0.39 is 12.1 Å². The minimum atomic E-state index is -0.932. The average Bonchev–Trinajstić information content (AvgIpc) is 2.46. The van der Waals surface area contributed by atoms with Crippen molar-refractivity contribution in [2.45, 2.75) is 19.1 Å². The smallest absolute Gasteiger partial charge is 0.306 e. The maximum Gasteiger partial charge on any atom is 0.306 e. The summed E-state index contributed by atoms with van der Waals surface area (Å²) in [6.45, 7) is 1.35. The number of nitrogens with zero attached hydrogens (tertiary/aromatic N) is 2. The van der Waals surface area contributed by atoms with E-state index in [1.807, 2.05) is 0 Å². The standard InChI is InChI=1S/C13H17N3O4/c14-7-10-5-9(1-2-15-10)13(19)16-3-4-20-11(8-16)6-12(17)18/h1-2,5,11H,3-4,6-8,14H2,(H,17,18). The van der Waals surface area contributed by atoms with Crippen LogP contribution in [0.2, 0.25) is 0 Å². The van der Waals surface area contributed by atoms with Gasteiger partial charge in [0.25, 0.3) is 5.91 Å². The molecule has 20 heavy (non-hydrogen) atoms. The Morgan fingerprint density at radius 3 is 3.05 bits per heavy atom. The zero-order valence-electron chi connectivity index (χ0n) is 11.0. The van der Waals surface area contributed by atoms with Crippen molar-refractivity contribution in [2.24, 2.45) is 5.73 Å². The first-order valence-corrected chi connectivity index (χ1v) is 6.38. The maximum atomic E-state index is 12.4. The molecule has 1 aromatic heterocycles. The summed E-state index contributed by atoms with van der Waals surface area (Å²) in [5, 5.41) is 8.77. The Morgan fingerprint density at radius 2 is 2.35 bits per heavy atom. The Kier molecular flexibility index (Phi) is 4.65. The lowest BCUT2D eigenvalue weighted by molar-refractivity contribution is -0.141. The highest BCUT2D eigenvalue weighted by molar-refractivity contribution is 5.94.